The predicted octanol–water partition coefficient (Wildman–Crippen LogP) is 2.83. The summed E-state index contributed by atoms with van der Waals surface area (Å²) in [7, 11) is 0. The molecule has 1 amide bonds. The number of hydrogen-bond donors (Lipinski definition) is 2. The van der Waals surface area contributed by atoms with Gasteiger partial charge in [-0.25, -0.2) is 4.39 Å². The molecule has 3 nitrogen and oxygen atoms in total. The number of nitrogens with one attached hydrogen (secondary N) is 1. The van der Waals surface area contributed by atoms with Crippen LogP contribution in [0.5, 0.6) is 0 Å². The number of carbonyl (C=O) groups excluding carboxylic acids is 1. The molecule has 2 aromatic rings. The van der Waals surface area contributed by atoms with Crippen molar-refractivity contribution in [2.45, 2.75) is 19.4 Å². The monoisotopic (exact) mass is 272 g/mol. The number of carbonyl (C=O) groups is 1. The number of nitrogens with two attached hydrogens (primary N) is 1. The molecule has 0 aliphatic carbocycles. The number of nitrogen functional groups attached to an aromatic ring is 1. The standard InChI is InChI=1S/C16H17FN2O/c1-11(13-4-8-15(18)9-5-13)19-16(20)10-12-2-6-14(17)7-3-12/h2-9,11H,10,18H2,1H3,(H,19,20). The van der Waals surface area contributed by atoms with Crippen molar-refractivity contribution >= 4 is 11.6 Å². The zero-order valence-electron chi connectivity index (χ0n) is 11.3. The fourth-order valence-corrected chi connectivity index (χ4v) is 1.95. The molecule has 1 atom stereocenters. The minimum absolute atomic E-state index is 0.0939. The number of amides is 1. The van der Waals surface area contributed by atoms with Gasteiger partial charge >= 0.3 is 0 Å². The van der Waals surface area contributed by atoms with Crippen molar-refractivity contribution in [2.24, 2.45) is 0 Å². The first-order valence-corrected chi connectivity index (χ1v) is 6.44. The van der Waals surface area contributed by atoms with E-state index in [1.54, 1.807) is 24.3 Å². The average Bonchev–Trinajstić information content (AvgIpc) is 2.42. The van der Waals surface area contributed by atoms with Gasteiger partial charge in [-0.15, -0.1) is 0 Å². The van der Waals surface area contributed by atoms with Gasteiger partial charge in [-0.05, 0) is 42.3 Å². The lowest BCUT2D eigenvalue weighted by Gasteiger charge is -2.14. The molecule has 0 saturated carbocycles. The van der Waals surface area contributed by atoms with Crippen LogP contribution in [-0.4, -0.2) is 5.91 Å². The third kappa shape index (κ3) is 3.82. The fourth-order valence-electron chi connectivity index (χ4n) is 1.95. The van der Waals surface area contributed by atoms with Gasteiger partial charge in [-0.2, -0.15) is 0 Å². The van der Waals surface area contributed by atoms with Gasteiger partial charge in [0.1, 0.15) is 5.82 Å². The van der Waals surface area contributed by atoms with E-state index in [1.165, 1.54) is 12.1 Å². The van der Waals surface area contributed by atoms with Crippen LogP contribution in [0, 0.1) is 5.82 Å². The Labute approximate surface area is 117 Å². The largest absolute Gasteiger partial charge is 0.399 e. The van der Waals surface area contributed by atoms with E-state index in [0.29, 0.717) is 5.69 Å². The van der Waals surface area contributed by atoms with Crippen molar-refractivity contribution in [3.63, 3.8) is 0 Å². The molecular weight excluding hydrogens is 255 g/mol. The van der Waals surface area contributed by atoms with E-state index in [2.05, 4.69) is 5.32 Å². The molecule has 0 heterocycles. The summed E-state index contributed by atoms with van der Waals surface area (Å²) in [5.74, 6) is -0.398. The molecule has 2 rings (SSSR count). The number of rotatable bonds is 4. The van der Waals surface area contributed by atoms with Crippen molar-refractivity contribution in [1.29, 1.82) is 0 Å². The highest BCUT2D eigenvalue weighted by Gasteiger charge is 2.10. The van der Waals surface area contributed by atoms with Crippen LogP contribution in [-0.2, 0) is 11.2 Å². The lowest BCUT2D eigenvalue weighted by atomic mass is 10.1. The maximum atomic E-state index is 12.8. The average molecular weight is 272 g/mol. The van der Waals surface area contributed by atoms with E-state index in [4.69, 9.17) is 5.73 Å². The number of anilines is 1. The molecule has 0 aromatic heterocycles. The summed E-state index contributed by atoms with van der Waals surface area (Å²) in [6.45, 7) is 1.91. The lowest BCUT2D eigenvalue weighted by Crippen LogP contribution is -2.28. The summed E-state index contributed by atoms with van der Waals surface area (Å²) >= 11 is 0. The van der Waals surface area contributed by atoms with E-state index in [0.717, 1.165) is 11.1 Å². The van der Waals surface area contributed by atoms with Crippen LogP contribution in [0.2, 0.25) is 0 Å². The first-order valence-electron chi connectivity index (χ1n) is 6.44. The Kier molecular flexibility index (Phi) is 4.35. The zero-order valence-corrected chi connectivity index (χ0v) is 11.3. The topological polar surface area (TPSA) is 55.1 Å². The molecule has 3 N–H and O–H groups in total. The summed E-state index contributed by atoms with van der Waals surface area (Å²) in [5, 5.41) is 2.91. The lowest BCUT2D eigenvalue weighted by molar-refractivity contribution is -0.121. The maximum absolute atomic E-state index is 12.8. The van der Waals surface area contributed by atoms with Crippen molar-refractivity contribution in [3.05, 3.63) is 65.5 Å². The molecule has 4 heteroatoms. The second-order valence-electron chi connectivity index (χ2n) is 4.76. The van der Waals surface area contributed by atoms with Crippen molar-refractivity contribution in [1.82, 2.24) is 5.32 Å². The Hall–Kier alpha value is -2.36. The molecule has 0 radical (unpaired) electrons. The van der Waals surface area contributed by atoms with Crippen molar-refractivity contribution < 1.29 is 9.18 Å². The van der Waals surface area contributed by atoms with Gasteiger partial charge in [0.05, 0.1) is 12.5 Å². The molecule has 20 heavy (non-hydrogen) atoms. The summed E-state index contributed by atoms with van der Waals surface area (Å²) in [5.41, 5.74) is 8.10. The molecule has 1 unspecified atom stereocenters. The molecule has 0 aliphatic rings. The first kappa shape index (κ1) is 14.1. The van der Waals surface area contributed by atoms with Gasteiger partial charge in [-0.1, -0.05) is 24.3 Å². The Morgan fingerprint density at radius 2 is 1.75 bits per heavy atom. The van der Waals surface area contributed by atoms with E-state index in [-0.39, 0.29) is 24.2 Å². The maximum Gasteiger partial charge on any atom is 0.224 e. The van der Waals surface area contributed by atoms with Crippen LogP contribution >= 0.6 is 0 Å². The third-order valence-electron chi connectivity index (χ3n) is 3.09. The molecule has 104 valence electrons. The van der Waals surface area contributed by atoms with Gasteiger partial charge in [0.15, 0.2) is 0 Å². The van der Waals surface area contributed by atoms with Crippen molar-refractivity contribution in [3.8, 4) is 0 Å². The number of benzene rings is 2. The second kappa shape index (κ2) is 6.19. The molecule has 0 bridgehead atoms. The predicted molar refractivity (Wildman–Crippen MR) is 77.5 cm³/mol. The van der Waals surface area contributed by atoms with E-state index >= 15 is 0 Å². The molecule has 2 aromatic carbocycles. The van der Waals surface area contributed by atoms with Crippen LogP contribution in [0.4, 0.5) is 10.1 Å². The van der Waals surface area contributed by atoms with Crippen LogP contribution in [0.25, 0.3) is 0 Å². The SMILES string of the molecule is CC(NC(=O)Cc1ccc(F)cc1)c1ccc(N)cc1. The van der Waals surface area contributed by atoms with Crippen LogP contribution in [0.3, 0.4) is 0 Å². The fraction of sp³-hybridized carbons (Fsp3) is 0.188. The Balaban J connectivity index is 1.93. The summed E-state index contributed by atoms with van der Waals surface area (Å²) in [4.78, 5) is 11.9. The Bertz CT molecular complexity index is 578. The highest BCUT2D eigenvalue weighted by molar-refractivity contribution is 5.79. The molecular formula is C16H17FN2O. The van der Waals surface area contributed by atoms with Crippen LogP contribution in [0.1, 0.15) is 24.1 Å². The Morgan fingerprint density at radius 3 is 2.35 bits per heavy atom. The quantitative estimate of drug-likeness (QED) is 0.841. The summed E-state index contributed by atoms with van der Waals surface area (Å²) in [6.07, 6.45) is 0.236. The summed E-state index contributed by atoms with van der Waals surface area (Å²) < 4.78 is 12.8. The smallest absolute Gasteiger partial charge is 0.224 e. The Morgan fingerprint density at radius 1 is 1.15 bits per heavy atom. The van der Waals surface area contributed by atoms with Crippen LogP contribution in [0.15, 0.2) is 48.5 Å². The third-order valence-corrected chi connectivity index (χ3v) is 3.09. The first-order chi connectivity index (χ1) is 9.54. The van der Waals surface area contributed by atoms with Gasteiger partial charge < -0.3 is 11.1 Å². The number of hydrogen-bond acceptors (Lipinski definition) is 2. The minimum Gasteiger partial charge on any atom is -0.399 e. The van der Waals surface area contributed by atoms with Crippen molar-refractivity contribution in [2.75, 3.05) is 5.73 Å². The van der Waals surface area contributed by atoms with E-state index < -0.39 is 0 Å². The normalized spacial score (nSPS) is 11.9. The highest BCUT2D eigenvalue weighted by Crippen LogP contribution is 2.14. The van der Waals surface area contributed by atoms with Gasteiger partial charge in [0.2, 0.25) is 5.91 Å². The highest BCUT2D eigenvalue weighted by atomic mass is 19.1. The molecule has 0 fully saturated rings. The van der Waals surface area contributed by atoms with Crippen LogP contribution < -0.4 is 11.1 Å². The number of halogens is 1. The van der Waals surface area contributed by atoms with Gasteiger partial charge in [0.25, 0.3) is 0 Å². The molecule has 0 spiro atoms. The van der Waals surface area contributed by atoms with E-state index in [9.17, 15) is 9.18 Å². The molecule has 0 saturated heterocycles. The van der Waals surface area contributed by atoms with E-state index in [1.807, 2.05) is 19.1 Å². The molecule has 0 aliphatic heterocycles. The van der Waals surface area contributed by atoms with Gasteiger partial charge in [0, 0.05) is 5.69 Å². The second-order valence-corrected chi connectivity index (χ2v) is 4.76. The summed E-state index contributed by atoms with van der Waals surface area (Å²) in [6, 6.07) is 13.2. The van der Waals surface area contributed by atoms with Gasteiger partial charge in [-0.3, -0.25) is 4.79 Å². The minimum atomic E-state index is -0.301. The zero-order chi connectivity index (χ0) is 14.5.